The molecule has 2 aromatic heterocycles. The Balaban J connectivity index is 1.41. The van der Waals surface area contributed by atoms with Gasteiger partial charge in [-0.05, 0) is 51.0 Å². The molecule has 1 amide bonds. The number of nitrogens with zero attached hydrogens (tertiary/aromatic N) is 3. The van der Waals surface area contributed by atoms with Gasteiger partial charge in [-0.1, -0.05) is 6.07 Å². The molecule has 0 aliphatic heterocycles. The van der Waals surface area contributed by atoms with Gasteiger partial charge in [0.05, 0.1) is 6.54 Å². The monoisotopic (exact) mass is 492 g/mol. The van der Waals surface area contributed by atoms with Crippen molar-refractivity contribution in [3.63, 3.8) is 0 Å². The van der Waals surface area contributed by atoms with Gasteiger partial charge in [-0.2, -0.15) is 5.10 Å². The Morgan fingerprint density at radius 2 is 2.03 bits per heavy atom. The maximum absolute atomic E-state index is 14.1. The number of benzene rings is 1. The summed E-state index contributed by atoms with van der Waals surface area (Å²) >= 11 is 6.38. The Morgan fingerprint density at radius 1 is 1.33 bits per heavy atom. The van der Waals surface area contributed by atoms with Crippen molar-refractivity contribution < 1.29 is 18.7 Å². The normalized spacial score (nSPS) is 15.1. The summed E-state index contributed by atoms with van der Waals surface area (Å²) in [6.45, 7) is 3.05. The lowest BCUT2D eigenvalue weighted by molar-refractivity contribution is -0.139. The third kappa shape index (κ3) is 5.18. The molecule has 33 heavy (non-hydrogen) atoms. The predicted octanol–water partition coefficient (Wildman–Crippen LogP) is 3.08. The second kappa shape index (κ2) is 9.12. The summed E-state index contributed by atoms with van der Waals surface area (Å²) in [4.78, 5) is 16.6. The Bertz CT molecular complexity index is 1190. The molecule has 1 atom stereocenters. The van der Waals surface area contributed by atoms with E-state index in [1.165, 1.54) is 36.5 Å². The number of thiocarbonyl (C=S) groups is 1. The number of aromatic nitrogens is 3. The molecule has 0 spiro atoms. The summed E-state index contributed by atoms with van der Waals surface area (Å²) in [5, 5.41) is 19.8. The molecular formula is C21H22F2N6O2S2. The van der Waals surface area contributed by atoms with E-state index in [1.807, 2.05) is 0 Å². The Hall–Kier alpha value is -2.96. The summed E-state index contributed by atoms with van der Waals surface area (Å²) < 4.78 is 29.8. The minimum atomic E-state index is -1.84. The predicted molar refractivity (Wildman–Crippen MR) is 124 cm³/mol. The lowest BCUT2D eigenvalue weighted by atomic mass is 10.1. The van der Waals surface area contributed by atoms with E-state index >= 15 is 0 Å². The molecule has 1 aliphatic carbocycles. The smallest absolute Gasteiger partial charge is 0.277 e. The zero-order chi connectivity index (χ0) is 23.8. The largest absolute Gasteiger partial charge is 0.374 e. The number of carbonyl (C=O) groups is 1. The minimum Gasteiger partial charge on any atom is -0.374 e. The average molecular weight is 493 g/mol. The molecule has 8 nitrogen and oxygen atoms in total. The van der Waals surface area contributed by atoms with Crippen LogP contribution < -0.4 is 16.2 Å². The fraction of sp³-hybridized carbons (Fsp3) is 0.333. The van der Waals surface area contributed by atoms with Crippen molar-refractivity contribution >= 4 is 40.4 Å². The lowest BCUT2D eigenvalue weighted by Gasteiger charge is -2.20. The highest BCUT2D eigenvalue weighted by molar-refractivity contribution is 7.80. The SMILES string of the molecule is Cc1csc(C(C)(O)C(=O)NNC(=S)Nc2cc(C3CC3)n(Cc3c(F)cccc3F)n2)n1. The molecule has 1 aromatic carbocycles. The molecule has 1 aliphatic rings. The Kier molecular flexibility index (Phi) is 6.41. The van der Waals surface area contributed by atoms with Gasteiger partial charge < -0.3 is 10.4 Å². The van der Waals surface area contributed by atoms with E-state index in [-0.39, 0.29) is 28.1 Å². The van der Waals surface area contributed by atoms with E-state index in [9.17, 15) is 18.7 Å². The van der Waals surface area contributed by atoms with Crippen molar-refractivity contribution in [3.8, 4) is 0 Å². The fourth-order valence-corrected chi connectivity index (χ4v) is 4.23. The molecule has 1 fully saturated rings. The molecule has 0 radical (unpaired) electrons. The lowest BCUT2D eigenvalue weighted by Crippen LogP contribution is -2.51. The molecule has 1 saturated carbocycles. The van der Waals surface area contributed by atoms with Crippen LogP contribution >= 0.6 is 23.6 Å². The van der Waals surface area contributed by atoms with Crippen molar-refractivity contribution in [2.24, 2.45) is 0 Å². The second-order valence-corrected chi connectivity index (χ2v) is 9.25. The molecule has 0 saturated heterocycles. The number of aryl methyl sites for hydroxylation is 1. The molecule has 0 bridgehead atoms. The maximum Gasteiger partial charge on any atom is 0.277 e. The van der Waals surface area contributed by atoms with E-state index in [1.54, 1.807) is 23.1 Å². The van der Waals surface area contributed by atoms with Gasteiger partial charge in [0.1, 0.15) is 16.6 Å². The number of anilines is 1. The highest BCUT2D eigenvalue weighted by Gasteiger charge is 2.35. The van der Waals surface area contributed by atoms with Crippen LogP contribution in [0.2, 0.25) is 0 Å². The van der Waals surface area contributed by atoms with E-state index in [4.69, 9.17) is 12.2 Å². The second-order valence-electron chi connectivity index (χ2n) is 7.99. The number of hydrazine groups is 1. The highest BCUT2D eigenvalue weighted by Crippen LogP contribution is 2.41. The number of amides is 1. The van der Waals surface area contributed by atoms with Crippen molar-refractivity contribution in [1.29, 1.82) is 0 Å². The van der Waals surface area contributed by atoms with Gasteiger partial charge in [0, 0.05) is 34.3 Å². The summed E-state index contributed by atoms with van der Waals surface area (Å²) in [6.07, 6.45) is 1.93. The molecule has 3 aromatic rings. The van der Waals surface area contributed by atoms with Crippen LogP contribution in [0.5, 0.6) is 0 Å². The van der Waals surface area contributed by atoms with Crippen LogP contribution in [0.4, 0.5) is 14.6 Å². The van der Waals surface area contributed by atoms with Crippen LogP contribution in [0.15, 0.2) is 29.6 Å². The molecule has 12 heteroatoms. The van der Waals surface area contributed by atoms with Crippen molar-refractivity contribution in [2.75, 3.05) is 5.32 Å². The Morgan fingerprint density at radius 3 is 2.64 bits per heavy atom. The first-order chi connectivity index (χ1) is 15.6. The zero-order valence-corrected chi connectivity index (χ0v) is 19.5. The summed E-state index contributed by atoms with van der Waals surface area (Å²) in [6, 6.07) is 5.50. The van der Waals surface area contributed by atoms with Crippen LogP contribution in [-0.2, 0) is 16.9 Å². The van der Waals surface area contributed by atoms with E-state index < -0.39 is 23.1 Å². The van der Waals surface area contributed by atoms with Gasteiger partial charge in [0.15, 0.2) is 16.5 Å². The van der Waals surface area contributed by atoms with E-state index in [0.717, 1.165) is 18.5 Å². The quantitative estimate of drug-likeness (QED) is 0.310. The maximum atomic E-state index is 14.1. The first kappa shape index (κ1) is 23.2. The summed E-state index contributed by atoms with van der Waals surface area (Å²) in [5.74, 6) is -1.38. The van der Waals surface area contributed by atoms with Crippen molar-refractivity contribution in [3.05, 3.63) is 63.2 Å². The van der Waals surface area contributed by atoms with Crippen molar-refractivity contribution in [2.45, 2.75) is 44.8 Å². The van der Waals surface area contributed by atoms with Crippen LogP contribution in [0.1, 0.15) is 47.6 Å². The molecule has 1 unspecified atom stereocenters. The number of nitrogens with one attached hydrogen (secondary N) is 3. The van der Waals surface area contributed by atoms with E-state index in [0.29, 0.717) is 11.5 Å². The molecule has 4 rings (SSSR count). The third-order valence-corrected chi connectivity index (χ3v) is 6.56. The van der Waals surface area contributed by atoms with Gasteiger partial charge in [-0.25, -0.2) is 13.8 Å². The number of thiazole rings is 1. The minimum absolute atomic E-state index is 0.0264. The number of rotatable bonds is 6. The van der Waals surface area contributed by atoms with Gasteiger partial charge in [-0.3, -0.25) is 20.3 Å². The Labute approximate surface area is 198 Å². The molecule has 174 valence electrons. The number of carbonyl (C=O) groups excluding carboxylic acids is 1. The number of hydrogen-bond donors (Lipinski definition) is 4. The van der Waals surface area contributed by atoms with Crippen LogP contribution in [0.3, 0.4) is 0 Å². The topological polar surface area (TPSA) is 104 Å². The third-order valence-electron chi connectivity index (χ3n) is 5.19. The van der Waals surface area contributed by atoms with Gasteiger partial charge in [0.2, 0.25) is 0 Å². The number of halogens is 2. The highest BCUT2D eigenvalue weighted by atomic mass is 32.1. The molecular weight excluding hydrogens is 470 g/mol. The number of hydrogen-bond acceptors (Lipinski definition) is 6. The van der Waals surface area contributed by atoms with Crippen LogP contribution in [0, 0.1) is 18.6 Å². The standard InChI is InChI=1S/C21H22F2N6O2S2/c1-11-10-33-19(24-11)21(2,31)18(30)26-27-20(32)25-17-8-16(12-6-7-12)29(28-17)9-13-14(22)4-3-5-15(13)23/h3-5,8,10,12,31H,6-7,9H2,1-2H3,(H,26,30)(H2,25,27,28,32). The van der Waals surface area contributed by atoms with Crippen LogP contribution in [-0.4, -0.2) is 30.9 Å². The van der Waals surface area contributed by atoms with Crippen molar-refractivity contribution in [1.82, 2.24) is 25.6 Å². The van der Waals surface area contributed by atoms with Gasteiger partial charge >= 0.3 is 0 Å². The van der Waals surface area contributed by atoms with Crippen LogP contribution in [0.25, 0.3) is 0 Å². The molecule has 4 N–H and O–H groups in total. The average Bonchev–Trinajstić information content (AvgIpc) is 3.38. The first-order valence-corrected chi connectivity index (χ1v) is 11.5. The van der Waals surface area contributed by atoms with E-state index in [2.05, 4.69) is 26.3 Å². The zero-order valence-electron chi connectivity index (χ0n) is 17.9. The van der Waals surface area contributed by atoms with Gasteiger partial charge in [0.25, 0.3) is 5.91 Å². The summed E-state index contributed by atoms with van der Waals surface area (Å²) in [7, 11) is 0. The summed E-state index contributed by atoms with van der Waals surface area (Å²) in [5.41, 5.74) is 4.51. The fourth-order valence-electron chi connectivity index (χ4n) is 3.22. The van der Waals surface area contributed by atoms with Gasteiger partial charge in [-0.15, -0.1) is 11.3 Å². The first-order valence-electron chi connectivity index (χ1n) is 10.2. The number of aliphatic hydroxyl groups is 1. The molecule has 2 heterocycles.